The van der Waals surface area contributed by atoms with Crippen molar-refractivity contribution in [2.45, 2.75) is 38.5 Å². The molecule has 0 atom stereocenters. The van der Waals surface area contributed by atoms with E-state index in [1.54, 1.807) is 6.08 Å². The summed E-state index contributed by atoms with van der Waals surface area (Å²) in [6.45, 7) is 1.98. The number of nitrogens with zero attached hydrogens (tertiary/aromatic N) is 3. The first kappa shape index (κ1) is 21.2. The number of carbonyl (C=O) groups excluding carboxylic acids is 2. The van der Waals surface area contributed by atoms with Crippen molar-refractivity contribution in [3.05, 3.63) is 41.3 Å². The molecule has 0 aromatic heterocycles. The van der Waals surface area contributed by atoms with Crippen LogP contribution in [0.5, 0.6) is 0 Å². The zero-order valence-electron chi connectivity index (χ0n) is 17.2. The van der Waals surface area contributed by atoms with Crippen molar-refractivity contribution in [3.8, 4) is 0 Å². The molecule has 2 aliphatic heterocycles. The third-order valence-corrected chi connectivity index (χ3v) is 8.13. The van der Waals surface area contributed by atoms with Crippen LogP contribution in [0.1, 0.15) is 44.1 Å². The minimum Gasteiger partial charge on any atom is -0.283 e. The molecule has 7 nitrogen and oxygen atoms in total. The van der Waals surface area contributed by atoms with Crippen LogP contribution >= 0.6 is 0 Å². The Labute approximate surface area is 178 Å². The van der Waals surface area contributed by atoms with Gasteiger partial charge in [-0.2, -0.15) is 4.31 Å². The van der Waals surface area contributed by atoms with Gasteiger partial charge >= 0.3 is 0 Å². The quantitative estimate of drug-likeness (QED) is 0.669. The molecule has 0 unspecified atom stereocenters. The summed E-state index contributed by atoms with van der Waals surface area (Å²) >= 11 is 0. The highest BCUT2D eigenvalue weighted by Crippen LogP contribution is 2.45. The number of carbonyl (C=O) groups is 2. The van der Waals surface area contributed by atoms with Gasteiger partial charge in [0, 0.05) is 38.0 Å². The van der Waals surface area contributed by atoms with Crippen LogP contribution in [0.3, 0.4) is 0 Å². The number of hydrogen-bond acceptors (Lipinski definition) is 5. The monoisotopic (exact) mass is 431 g/mol. The highest BCUT2D eigenvalue weighted by atomic mass is 32.2. The molecule has 2 saturated heterocycles. The van der Waals surface area contributed by atoms with Gasteiger partial charge in [-0.3, -0.25) is 19.4 Å². The lowest BCUT2D eigenvalue weighted by Crippen LogP contribution is -2.52. The number of hydrogen-bond donors (Lipinski definition) is 0. The van der Waals surface area contributed by atoms with Crippen molar-refractivity contribution in [2.75, 3.05) is 32.8 Å². The third-order valence-electron chi connectivity index (χ3n) is 6.56. The lowest BCUT2D eigenvalue weighted by molar-refractivity contribution is -0.145. The molecule has 162 valence electrons. The minimum atomic E-state index is -3.50. The van der Waals surface area contributed by atoms with Crippen LogP contribution in [0.2, 0.25) is 0 Å². The minimum absolute atomic E-state index is 0.0203. The van der Waals surface area contributed by atoms with Crippen molar-refractivity contribution < 1.29 is 18.0 Å². The Morgan fingerprint density at radius 1 is 0.933 bits per heavy atom. The number of imide groups is 1. The molecule has 0 N–H and O–H groups in total. The Hall–Kier alpha value is -2.03. The molecule has 3 fully saturated rings. The van der Waals surface area contributed by atoms with Gasteiger partial charge in [-0.15, -0.1) is 0 Å². The smallest absolute Gasteiger partial charge is 0.237 e. The SMILES string of the molecule is O=C1CC2(CCCCC2)C(=O)N1CN1CCN(S(=O)(=O)/C=C/c2ccccc2)CC1. The molecule has 2 heterocycles. The van der Waals surface area contributed by atoms with Gasteiger partial charge < -0.3 is 0 Å². The number of rotatable bonds is 5. The lowest BCUT2D eigenvalue weighted by Gasteiger charge is -2.36. The summed E-state index contributed by atoms with van der Waals surface area (Å²) < 4.78 is 26.7. The number of sulfonamides is 1. The molecule has 1 aromatic rings. The first-order chi connectivity index (χ1) is 14.4. The molecule has 1 saturated carbocycles. The Morgan fingerprint density at radius 2 is 1.60 bits per heavy atom. The fraction of sp³-hybridized carbons (Fsp3) is 0.545. The van der Waals surface area contributed by atoms with Crippen molar-refractivity contribution in [1.29, 1.82) is 0 Å². The zero-order chi connectivity index (χ0) is 21.2. The van der Waals surface area contributed by atoms with E-state index in [-0.39, 0.29) is 18.5 Å². The highest BCUT2D eigenvalue weighted by Gasteiger charge is 2.51. The first-order valence-electron chi connectivity index (χ1n) is 10.7. The van der Waals surface area contributed by atoms with Gasteiger partial charge in [0.05, 0.1) is 12.1 Å². The van der Waals surface area contributed by atoms with E-state index < -0.39 is 15.4 Å². The van der Waals surface area contributed by atoms with Gasteiger partial charge in [0.2, 0.25) is 21.8 Å². The molecule has 2 amide bonds. The van der Waals surface area contributed by atoms with E-state index in [4.69, 9.17) is 0 Å². The molecule has 30 heavy (non-hydrogen) atoms. The van der Waals surface area contributed by atoms with E-state index in [1.165, 1.54) is 14.6 Å². The van der Waals surface area contributed by atoms with Crippen molar-refractivity contribution >= 4 is 27.9 Å². The van der Waals surface area contributed by atoms with Crippen LogP contribution in [0.25, 0.3) is 6.08 Å². The van der Waals surface area contributed by atoms with Gasteiger partial charge in [-0.1, -0.05) is 49.6 Å². The summed E-state index contributed by atoms with van der Waals surface area (Å²) in [7, 11) is -3.50. The average molecular weight is 432 g/mol. The highest BCUT2D eigenvalue weighted by molar-refractivity contribution is 7.92. The van der Waals surface area contributed by atoms with Crippen LogP contribution < -0.4 is 0 Å². The second-order valence-corrected chi connectivity index (χ2v) is 10.4. The van der Waals surface area contributed by atoms with Crippen LogP contribution in [0, 0.1) is 5.41 Å². The number of amides is 2. The zero-order valence-corrected chi connectivity index (χ0v) is 18.0. The first-order valence-corrected chi connectivity index (χ1v) is 12.2. The Bertz CT molecular complexity index is 915. The maximum Gasteiger partial charge on any atom is 0.237 e. The van der Waals surface area contributed by atoms with E-state index >= 15 is 0 Å². The molecule has 1 spiro atoms. The van der Waals surface area contributed by atoms with Crippen molar-refractivity contribution in [3.63, 3.8) is 0 Å². The molecular weight excluding hydrogens is 402 g/mol. The van der Waals surface area contributed by atoms with Crippen LogP contribution in [0.4, 0.5) is 0 Å². The van der Waals surface area contributed by atoms with E-state index in [2.05, 4.69) is 0 Å². The normalized spacial score (nSPS) is 23.7. The summed E-state index contributed by atoms with van der Waals surface area (Å²) in [5, 5.41) is 1.25. The summed E-state index contributed by atoms with van der Waals surface area (Å²) in [6.07, 6.45) is 6.73. The molecule has 1 aliphatic carbocycles. The molecular formula is C22H29N3O4S. The molecule has 8 heteroatoms. The third kappa shape index (κ3) is 4.36. The van der Waals surface area contributed by atoms with Crippen LogP contribution in [-0.4, -0.2) is 67.2 Å². The Balaban J connectivity index is 1.33. The van der Waals surface area contributed by atoms with Gasteiger partial charge in [-0.25, -0.2) is 8.42 Å². The van der Waals surface area contributed by atoms with Crippen molar-refractivity contribution in [2.24, 2.45) is 5.41 Å². The lowest BCUT2D eigenvalue weighted by atomic mass is 9.73. The van der Waals surface area contributed by atoms with E-state index in [9.17, 15) is 18.0 Å². The van der Waals surface area contributed by atoms with Gasteiger partial charge in [0.1, 0.15) is 0 Å². The largest absolute Gasteiger partial charge is 0.283 e. The Kier molecular flexibility index (Phi) is 6.09. The standard InChI is InChI=1S/C22H29N3O4S/c26-20-17-22(10-5-2-6-11-22)21(27)25(20)18-23-12-14-24(15-13-23)30(28,29)16-9-19-7-3-1-4-8-19/h1,3-4,7-9,16H,2,5-6,10-15,17-18H2/b16-9+. The van der Waals surface area contributed by atoms with Gasteiger partial charge in [-0.05, 0) is 24.5 Å². The summed E-state index contributed by atoms with van der Waals surface area (Å²) in [5.74, 6) is -0.101. The number of likely N-dealkylation sites (tertiary alicyclic amines) is 1. The predicted molar refractivity (Wildman–Crippen MR) is 114 cm³/mol. The maximum atomic E-state index is 13.0. The van der Waals surface area contributed by atoms with Gasteiger partial charge in [0.15, 0.2) is 0 Å². The summed E-state index contributed by atoms with van der Waals surface area (Å²) in [6, 6.07) is 9.32. The topological polar surface area (TPSA) is 78.0 Å². The maximum absolute atomic E-state index is 13.0. The molecule has 0 radical (unpaired) electrons. The summed E-state index contributed by atoms with van der Waals surface area (Å²) in [4.78, 5) is 28.9. The molecule has 1 aromatic carbocycles. The average Bonchev–Trinajstić information content (AvgIpc) is 2.98. The predicted octanol–water partition coefficient (Wildman–Crippen LogP) is 2.27. The van der Waals surface area contributed by atoms with Crippen LogP contribution in [0.15, 0.2) is 35.7 Å². The Morgan fingerprint density at radius 3 is 2.27 bits per heavy atom. The van der Waals surface area contributed by atoms with Gasteiger partial charge in [0.25, 0.3) is 0 Å². The summed E-state index contributed by atoms with van der Waals surface area (Å²) in [5.41, 5.74) is 0.366. The van der Waals surface area contributed by atoms with E-state index in [0.29, 0.717) is 32.6 Å². The van der Waals surface area contributed by atoms with Crippen LogP contribution in [-0.2, 0) is 19.6 Å². The number of piperazine rings is 1. The van der Waals surface area contributed by atoms with E-state index in [0.717, 1.165) is 37.7 Å². The fourth-order valence-corrected chi connectivity index (χ4v) is 5.94. The molecule has 4 rings (SSSR count). The molecule has 3 aliphatic rings. The molecule has 0 bridgehead atoms. The second kappa shape index (κ2) is 8.61. The van der Waals surface area contributed by atoms with E-state index in [1.807, 2.05) is 35.2 Å². The number of benzene rings is 1. The second-order valence-electron chi connectivity index (χ2n) is 8.56. The van der Waals surface area contributed by atoms with Crippen molar-refractivity contribution in [1.82, 2.24) is 14.1 Å². The fourth-order valence-electron chi connectivity index (χ4n) is 4.76.